The molecule has 0 aromatic carbocycles. The number of rotatable bonds is 12. The van der Waals surface area contributed by atoms with Gasteiger partial charge in [-0.15, -0.1) is 0 Å². The molecule has 0 amide bonds. The van der Waals surface area contributed by atoms with Gasteiger partial charge in [0.15, 0.2) is 0 Å². The molecule has 2 nitrogen and oxygen atoms in total. The van der Waals surface area contributed by atoms with Crippen molar-refractivity contribution in [3.05, 3.63) is 12.2 Å². The highest BCUT2D eigenvalue weighted by molar-refractivity contribution is 5.69. The van der Waals surface area contributed by atoms with Gasteiger partial charge in [0.25, 0.3) is 0 Å². The van der Waals surface area contributed by atoms with E-state index >= 15 is 0 Å². The molecule has 0 fully saturated rings. The van der Waals surface area contributed by atoms with Crippen LogP contribution in [0.3, 0.4) is 0 Å². The van der Waals surface area contributed by atoms with Gasteiger partial charge in [0.05, 0.1) is 5.92 Å². The third-order valence-corrected chi connectivity index (χ3v) is 3.32. The summed E-state index contributed by atoms with van der Waals surface area (Å²) >= 11 is 0. The summed E-state index contributed by atoms with van der Waals surface area (Å²) in [5.74, 6) is -0.856. The van der Waals surface area contributed by atoms with Gasteiger partial charge in [-0.3, -0.25) is 4.79 Å². The minimum atomic E-state index is -0.669. The summed E-state index contributed by atoms with van der Waals surface area (Å²) in [6.07, 6.45) is 16.5. The molecule has 1 unspecified atom stereocenters. The summed E-state index contributed by atoms with van der Waals surface area (Å²) in [5.41, 5.74) is 0. The summed E-state index contributed by atoms with van der Waals surface area (Å²) in [6.45, 7) is 4.03. The maximum absolute atomic E-state index is 10.6. The third kappa shape index (κ3) is 11.7. The number of allylic oxidation sites excluding steroid dienone is 2. The number of aliphatic carboxylic acids is 1. The van der Waals surface area contributed by atoms with E-state index in [-0.39, 0.29) is 5.92 Å². The van der Waals surface area contributed by atoms with Crippen molar-refractivity contribution in [3.8, 4) is 0 Å². The van der Waals surface area contributed by atoms with E-state index in [1.54, 1.807) is 6.92 Å². The van der Waals surface area contributed by atoms with Crippen LogP contribution in [0.5, 0.6) is 0 Å². The monoisotopic (exact) mass is 254 g/mol. The van der Waals surface area contributed by atoms with Gasteiger partial charge in [0.2, 0.25) is 0 Å². The second-order valence-corrected chi connectivity index (χ2v) is 5.20. The van der Waals surface area contributed by atoms with Crippen LogP contribution in [0, 0.1) is 5.92 Å². The number of hydrogen-bond acceptors (Lipinski definition) is 1. The normalized spacial score (nSPS) is 13.0. The molecule has 0 saturated heterocycles. The molecule has 0 aliphatic rings. The lowest BCUT2D eigenvalue weighted by Gasteiger charge is -2.03. The van der Waals surface area contributed by atoms with Crippen molar-refractivity contribution in [1.29, 1.82) is 0 Å². The van der Waals surface area contributed by atoms with Crippen LogP contribution in [0.25, 0.3) is 0 Å². The fourth-order valence-corrected chi connectivity index (χ4v) is 1.94. The molecule has 0 saturated carbocycles. The molecule has 0 bridgehead atoms. The average Bonchev–Trinajstić information content (AvgIpc) is 2.35. The Morgan fingerprint density at radius 1 is 1.00 bits per heavy atom. The van der Waals surface area contributed by atoms with Gasteiger partial charge in [-0.1, -0.05) is 58.1 Å². The third-order valence-electron chi connectivity index (χ3n) is 3.32. The Balaban J connectivity index is 3.21. The average molecular weight is 254 g/mol. The number of carboxylic acid groups (broad SMARTS) is 1. The Kier molecular flexibility index (Phi) is 12.1. The van der Waals surface area contributed by atoms with Crippen molar-refractivity contribution in [2.24, 2.45) is 5.92 Å². The van der Waals surface area contributed by atoms with E-state index < -0.39 is 5.97 Å². The zero-order chi connectivity index (χ0) is 13.6. The maximum Gasteiger partial charge on any atom is 0.306 e. The van der Waals surface area contributed by atoms with E-state index in [9.17, 15) is 4.79 Å². The predicted molar refractivity (Wildman–Crippen MR) is 77.8 cm³/mol. The van der Waals surface area contributed by atoms with Gasteiger partial charge in [0, 0.05) is 0 Å². The smallest absolute Gasteiger partial charge is 0.306 e. The highest BCUT2D eigenvalue weighted by Crippen LogP contribution is 2.10. The molecule has 1 N–H and O–H groups in total. The molecule has 0 radical (unpaired) electrons. The van der Waals surface area contributed by atoms with Crippen molar-refractivity contribution in [2.45, 2.75) is 78.1 Å². The molecule has 0 aromatic heterocycles. The highest BCUT2D eigenvalue weighted by atomic mass is 16.4. The van der Waals surface area contributed by atoms with Gasteiger partial charge >= 0.3 is 5.97 Å². The molecule has 0 rings (SSSR count). The second-order valence-electron chi connectivity index (χ2n) is 5.20. The van der Waals surface area contributed by atoms with Crippen molar-refractivity contribution in [2.75, 3.05) is 0 Å². The Morgan fingerprint density at radius 2 is 1.56 bits per heavy atom. The van der Waals surface area contributed by atoms with Crippen molar-refractivity contribution < 1.29 is 9.90 Å². The minimum Gasteiger partial charge on any atom is -0.481 e. The molecule has 0 spiro atoms. The lowest BCUT2D eigenvalue weighted by atomic mass is 10.0. The summed E-state index contributed by atoms with van der Waals surface area (Å²) < 4.78 is 0. The first-order chi connectivity index (χ1) is 8.68. The first kappa shape index (κ1) is 17.2. The van der Waals surface area contributed by atoms with E-state index in [0.717, 1.165) is 25.7 Å². The number of carbonyl (C=O) groups is 1. The van der Waals surface area contributed by atoms with Crippen molar-refractivity contribution >= 4 is 5.97 Å². The Labute approximate surface area is 112 Å². The Hall–Kier alpha value is -0.790. The molecule has 1 atom stereocenters. The van der Waals surface area contributed by atoms with E-state index in [2.05, 4.69) is 19.1 Å². The van der Waals surface area contributed by atoms with Gasteiger partial charge in [-0.25, -0.2) is 0 Å². The molecule has 2 heteroatoms. The summed E-state index contributed by atoms with van der Waals surface area (Å²) in [4.78, 5) is 10.6. The molecule has 0 aromatic rings. The Bertz CT molecular complexity index is 221. The number of hydrogen-bond donors (Lipinski definition) is 1. The molecular formula is C16H30O2. The van der Waals surface area contributed by atoms with Crippen LogP contribution < -0.4 is 0 Å². The van der Waals surface area contributed by atoms with Gasteiger partial charge in [0.1, 0.15) is 0 Å². The fraction of sp³-hybridized carbons (Fsp3) is 0.812. The van der Waals surface area contributed by atoms with Crippen LogP contribution in [0.1, 0.15) is 78.1 Å². The van der Waals surface area contributed by atoms with Crippen molar-refractivity contribution in [3.63, 3.8) is 0 Å². The van der Waals surface area contributed by atoms with E-state index in [4.69, 9.17) is 5.11 Å². The van der Waals surface area contributed by atoms with Crippen molar-refractivity contribution in [1.82, 2.24) is 0 Å². The minimum absolute atomic E-state index is 0.187. The van der Waals surface area contributed by atoms with Crippen LogP contribution in [0.2, 0.25) is 0 Å². The fourth-order valence-electron chi connectivity index (χ4n) is 1.94. The summed E-state index contributed by atoms with van der Waals surface area (Å²) in [6, 6.07) is 0. The highest BCUT2D eigenvalue weighted by Gasteiger charge is 2.08. The van der Waals surface area contributed by atoms with Gasteiger partial charge in [-0.05, 0) is 32.1 Å². The van der Waals surface area contributed by atoms with Crippen LogP contribution >= 0.6 is 0 Å². The SMILES string of the molecule is CCCCCCCC=CCCCCC(C)C(=O)O. The summed E-state index contributed by atoms with van der Waals surface area (Å²) in [7, 11) is 0. The summed E-state index contributed by atoms with van der Waals surface area (Å²) in [5, 5.41) is 8.73. The van der Waals surface area contributed by atoms with Crippen LogP contribution in [0.15, 0.2) is 12.2 Å². The molecule has 18 heavy (non-hydrogen) atoms. The predicted octanol–water partition coefficient (Wildman–Crippen LogP) is 5.18. The van der Waals surface area contributed by atoms with E-state index in [1.807, 2.05) is 0 Å². The largest absolute Gasteiger partial charge is 0.481 e. The van der Waals surface area contributed by atoms with Crippen LogP contribution in [-0.4, -0.2) is 11.1 Å². The molecule has 106 valence electrons. The Morgan fingerprint density at radius 3 is 2.11 bits per heavy atom. The lowest BCUT2D eigenvalue weighted by molar-refractivity contribution is -0.141. The molecule has 0 aliphatic heterocycles. The zero-order valence-electron chi connectivity index (χ0n) is 12.2. The van der Waals surface area contributed by atoms with Crippen LogP contribution in [0.4, 0.5) is 0 Å². The number of carboxylic acids is 1. The van der Waals surface area contributed by atoms with Gasteiger partial charge < -0.3 is 5.11 Å². The standard InChI is InChI=1S/C16H30O2/c1-3-4-5-6-7-8-9-10-11-12-13-14-15(2)16(17)18/h9-10,15H,3-8,11-14H2,1-2H3,(H,17,18). The second kappa shape index (κ2) is 12.7. The van der Waals surface area contributed by atoms with Gasteiger partial charge in [-0.2, -0.15) is 0 Å². The molecule has 0 aliphatic carbocycles. The first-order valence-electron chi connectivity index (χ1n) is 7.56. The molecular weight excluding hydrogens is 224 g/mol. The van der Waals surface area contributed by atoms with Crippen LogP contribution in [-0.2, 0) is 4.79 Å². The zero-order valence-corrected chi connectivity index (χ0v) is 12.2. The number of unbranched alkanes of at least 4 members (excludes halogenated alkanes) is 7. The maximum atomic E-state index is 10.6. The quantitative estimate of drug-likeness (QED) is 0.384. The molecule has 0 heterocycles. The topological polar surface area (TPSA) is 37.3 Å². The first-order valence-corrected chi connectivity index (χ1v) is 7.56. The lowest BCUT2D eigenvalue weighted by Crippen LogP contribution is -2.08. The van der Waals surface area contributed by atoms with E-state index in [1.165, 1.54) is 38.5 Å². The van der Waals surface area contributed by atoms with E-state index in [0.29, 0.717) is 0 Å².